The van der Waals surface area contributed by atoms with E-state index in [1.807, 2.05) is 32.9 Å². The molecule has 1 fully saturated rings. The van der Waals surface area contributed by atoms with Crippen LogP contribution in [0, 0.1) is 20.8 Å². The van der Waals surface area contributed by atoms with Crippen molar-refractivity contribution in [2.24, 2.45) is 0 Å². The van der Waals surface area contributed by atoms with E-state index in [2.05, 4.69) is 5.32 Å². The molecule has 27 heavy (non-hydrogen) atoms. The van der Waals surface area contributed by atoms with E-state index < -0.39 is 17.8 Å². The van der Waals surface area contributed by atoms with Gasteiger partial charge in [-0.15, -0.1) is 0 Å². The molecule has 0 aliphatic carbocycles. The lowest BCUT2D eigenvalue weighted by molar-refractivity contribution is -0.122. The fourth-order valence-corrected chi connectivity index (χ4v) is 3.06. The van der Waals surface area contributed by atoms with Gasteiger partial charge in [0.15, 0.2) is 0 Å². The molecular weight excluding hydrogens is 344 g/mol. The third-order valence-electron chi connectivity index (χ3n) is 4.34. The Kier molecular flexibility index (Phi) is 4.81. The zero-order valence-electron chi connectivity index (χ0n) is 15.6. The lowest BCUT2D eigenvalue weighted by Crippen LogP contribution is -2.54. The van der Waals surface area contributed by atoms with E-state index in [0.29, 0.717) is 17.0 Å². The summed E-state index contributed by atoms with van der Waals surface area (Å²) < 4.78 is 5.17. The summed E-state index contributed by atoms with van der Waals surface area (Å²) in [5.41, 5.74) is 3.71. The maximum Gasteiger partial charge on any atom is 0.335 e. The van der Waals surface area contributed by atoms with Gasteiger partial charge < -0.3 is 4.74 Å². The Hall–Kier alpha value is -3.41. The van der Waals surface area contributed by atoms with E-state index in [0.717, 1.165) is 21.6 Å². The summed E-state index contributed by atoms with van der Waals surface area (Å²) in [5.74, 6) is -0.675. The van der Waals surface area contributed by atoms with E-state index >= 15 is 0 Å². The molecule has 0 bridgehead atoms. The Labute approximate surface area is 157 Å². The number of hydrogen-bond acceptors (Lipinski definition) is 4. The number of carbonyl (C=O) groups is 3. The Balaban J connectivity index is 2.05. The number of ether oxygens (including phenoxy) is 1. The van der Waals surface area contributed by atoms with Crippen molar-refractivity contribution < 1.29 is 19.1 Å². The zero-order chi connectivity index (χ0) is 19.7. The maximum absolute atomic E-state index is 13.0. The molecule has 1 N–H and O–H groups in total. The van der Waals surface area contributed by atoms with Crippen LogP contribution in [0.15, 0.2) is 42.0 Å². The van der Waals surface area contributed by atoms with Crippen molar-refractivity contribution in [2.75, 3.05) is 12.0 Å². The Morgan fingerprint density at radius 1 is 0.963 bits per heavy atom. The molecule has 1 heterocycles. The highest BCUT2D eigenvalue weighted by atomic mass is 16.5. The fourth-order valence-electron chi connectivity index (χ4n) is 3.06. The highest BCUT2D eigenvalue weighted by Crippen LogP contribution is 2.25. The number of barbiturate groups is 1. The van der Waals surface area contributed by atoms with Gasteiger partial charge in [-0.3, -0.25) is 14.9 Å². The minimum absolute atomic E-state index is 0.0953. The minimum atomic E-state index is -0.751. The molecule has 0 unspecified atom stereocenters. The predicted molar refractivity (Wildman–Crippen MR) is 103 cm³/mol. The normalized spacial score (nSPS) is 15.9. The number of anilines is 1. The number of urea groups is 1. The number of amides is 4. The average Bonchev–Trinajstić information content (AvgIpc) is 2.58. The van der Waals surface area contributed by atoms with E-state index in [-0.39, 0.29) is 5.57 Å². The smallest absolute Gasteiger partial charge is 0.335 e. The first-order valence-electron chi connectivity index (χ1n) is 8.44. The molecule has 138 valence electrons. The number of benzene rings is 2. The van der Waals surface area contributed by atoms with Gasteiger partial charge in [0.25, 0.3) is 11.8 Å². The highest BCUT2D eigenvalue weighted by molar-refractivity contribution is 6.39. The number of aryl methyl sites for hydroxylation is 3. The molecule has 1 aliphatic heterocycles. The van der Waals surface area contributed by atoms with Gasteiger partial charge >= 0.3 is 6.03 Å². The number of carbonyl (C=O) groups excluding carboxylic acids is 3. The predicted octanol–water partition coefficient (Wildman–Crippen LogP) is 3.29. The summed E-state index contributed by atoms with van der Waals surface area (Å²) in [5, 5.41) is 2.24. The van der Waals surface area contributed by atoms with Gasteiger partial charge in [-0.05, 0) is 73.4 Å². The summed E-state index contributed by atoms with van der Waals surface area (Å²) in [7, 11) is 1.57. The molecule has 1 aliphatic rings. The van der Waals surface area contributed by atoms with Gasteiger partial charge in [0.1, 0.15) is 11.3 Å². The topological polar surface area (TPSA) is 75.7 Å². The molecule has 1 saturated heterocycles. The van der Waals surface area contributed by atoms with Crippen LogP contribution in [-0.4, -0.2) is 25.0 Å². The number of nitrogens with one attached hydrogen (secondary N) is 1. The Morgan fingerprint density at radius 2 is 1.63 bits per heavy atom. The van der Waals surface area contributed by atoms with E-state index in [9.17, 15) is 14.4 Å². The first-order chi connectivity index (χ1) is 12.8. The van der Waals surface area contributed by atoms with E-state index in [1.165, 1.54) is 6.08 Å². The van der Waals surface area contributed by atoms with Crippen LogP contribution in [0.5, 0.6) is 5.75 Å². The highest BCUT2D eigenvalue weighted by Gasteiger charge is 2.37. The molecule has 2 aromatic rings. The van der Waals surface area contributed by atoms with Crippen molar-refractivity contribution in [1.82, 2.24) is 5.32 Å². The second-order valence-corrected chi connectivity index (χ2v) is 6.53. The van der Waals surface area contributed by atoms with Crippen LogP contribution in [0.3, 0.4) is 0 Å². The van der Waals surface area contributed by atoms with Crippen molar-refractivity contribution in [3.63, 3.8) is 0 Å². The van der Waals surface area contributed by atoms with Gasteiger partial charge in [0.2, 0.25) is 0 Å². The monoisotopic (exact) mass is 364 g/mol. The Morgan fingerprint density at radius 3 is 2.22 bits per heavy atom. The van der Waals surface area contributed by atoms with Gasteiger partial charge in [-0.25, -0.2) is 9.69 Å². The molecule has 6 heteroatoms. The lowest BCUT2D eigenvalue weighted by Gasteiger charge is -2.27. The van der Waals surface area contributed by atoms with Crippen molar-refractivity contribution in [2.45, 2.75) is 20.8 Å². The average molecular weight is 364 g/mol. The first-order valence-corrected chi connectivity index (χ1v) is 8.44. The number of hydrogen-bond donors (Lipinski definition) is 1. The summed E-state index contributed by atoms with van der Waals surface area (Å²) >= 11 is 0. The van der Waals surface area contributed by atoms with Gasteiger partial charge in [-0.2, -0.15) is 0 Å². The number of methoxy groups -OCH3 is 1. The largest absolute Gasteiger partial charge is 0.497 e. The zero-order valence-corrected chi connectivity index (χ0v) is 15.6. The maximum atomic E-state index is 13.0. The summed E-state index contributed by atoms with van der Waals surface area (Å²) in [6.45, 7) is 5.61. The molecule has 0 saturated carbocycles. The standard InChI is InChI=1S/C21H20N2O4/c1-12-7-13(2)9-16(8-12)23-20(25)18(19(24)22-21(23)26)11-15-5-6-17(27-4)10-14(15)3/h5-11H,1-4H3,(H,22,24,26)/b18-11-. The van der Waals surface area contributed by atoms with Crippen LogP contribution >= 0.6 is 0 Å². The van der Waals surface area contributed by atoms with Crippen LogP contribution in [0.4, 0.5) is 10.5 Å². The van der Waals surface area contributed by atoms with Gasteiger partial charge in [0.05, 0.1) is 12.8 Å². The molecule has 0 radical (unpaired) electrons. The SMILES string of the molecule is COc1ccc(/C=C2/C(=O)NC(=O)N(c3cc(C)cc(C)c3)C2=O)c(C)c1. The summed E-state index contributed by atoms with van der Waals surface area (Å²) in [6, 6.07) is 9.98. The minimum Gasteiger partial charge on any atom is -0.497 e. The van der Waals surface area contributed by atoms with Gasteiger partial charge in [0, 0.05) is 0 Å². The van der Waals surface area contributed by atoms with Crippen LogP contribution in [-0.2, 0) is 9.59 Å². The summed E-state index contributed by atoms with van der Waals surface area (Å²) in [4.78, 5) is 38.6. The fraction of sp³-hybridized carbons (Fsp3) is 0.190. The Bertz CT molecular complexity index is 971. The molecule has 2 aromatic carbocycles. The number of imide groups is 2. The molecule has 3 rings (SSSR count). The molecule has 4 amide bonds. The van der Waals surface area contributed by atoms with E-state index in [4.69, 9.17) is 4.74 Å². The third kappa shape index (κ3) is 3.60. The first kappa shape index (κ1) is 18.4. The molecular formula is C21H20N2O4. The van der Waals surface area contributed by atoms with Crippen LogP contribution < -0.4 is 15.0 Å². The van der Waals surface area contributed by atoms with Gasteiger partial charge in [-0.1, -0.05) is 12.1 Å². The van der Waals surface area contributed by atoms with Crippen molar-refractivity contribution in [3.8, 4) is 5.75 Å². The van der Waals surface area contributed by atoms with Crippen molar-refractivity contribution in [1.29, 1.82) is 0 Å². The third-order valence-corrected chi connectivity index (χ3v) is 4.34. The van der Waals surface area contributed by atoms with Crippen LogP contribution in [0.1, 0.15) is 22.3 Å². The van der Waals surface area contributed by atoms with Crippen LogP contribution in [0.2, 0.25) is 0 Å². The number of rotatable bonds is 3. The quantitative estimate of drug-likeness (QED) is 0.670. The second-order valence-electron chi connectivity index (χ2n) is 6.53. The second kappa shape index (κ2) is 7.07. The summed E-state index contributed by atoms with van der Waals surface area (Å²) in [6.07, 6.45) is 1.49. The molecule has 0 spiro atoms. The number of nitrogens with zero attached hydrogens (tertiary/aromatic N) is 1. The van der Waals surface area contributed by atoms with Crippen LogP contribution in [0.25, 0.3) is 6.08 Å². The van der Waals surface area contributed by atoms with Crippen molar-refractivity contribution in [3.05, 3.63) is 64.2 Å². The molecule has 0 aromatic heterocycles. The molecule has 6 nitrogen and oxygen atoms in total. The lowest BCUT2D eigenvalue weighted by atomic mass is 10.0. The van der Waals surface area contributed by atoms with Crippen molar-refractivity contribution >= 4 is 29.6 Å². The molecule has 0 atom stereocenters. The van der Waals surface area contributed by atoms with E-state index in [1.54, 1.807) is 31.4 Å².